The lowest BCUT2D eigenvalue weighted by molar-refractivity contribution is -0.122. The zero-order valence-corrected chi connectivity index (χ0v) is 14.0. The van der Waals surface area contributed by atoms with Crippen LogP contribution in [-0.4, -0.2) is 13.3 Å². The molecule has 1 aliphatic carbocycles. The number of ketones is 1. The van der Waals surface area contributed by atoms with E-state index in [0.29, 0.717) is 24.0 Å². The van der Waals surface area contributed by atoms with Crippen LogP contribution in [0, 0.1) is 5.41 Å². The molecule has 0 amide bonds. The number of carbonyl (C=O) groups excluding carboxylic acids is 1. The summed E-state index contributed by atoms with van der Waals surface area (Å²) in [6, 6.07) is 11.5. The van der Waals surface area contributed by atoms with Crippen molar-refractivity contribution in [1.29, 1.82) is 0 Å². The molecular formula is C19H19BF2O2. The van der Waals surface area contributed by atoms with Crippen LogP contribution in [0.1, 0.15) is 38.3 Å². The van der Waals surface area contributed by atoms with Crippen molar-refractivity contribution in [3.63, 3.8) is 0 Å². The quantitative estimate of drug-likeness (QED) is 0.737. The van der Waals surface area contributed by atoms with Crippen LogP contribution in [0.5, 0.6) is 0 Å². The molecule has 0 N–H and O–H groups in total. The highest BCUT2D eigenvalue weighted by Crippen LogP contribution is 2.40. The maximum atomic E-state index is 13.1. The molecule has 0 aromatic heterocycles. The summed E-state index contributed by atoms with van der Waals surface area (Å²) in [5.41, 5.74) is 1.29. The molecule has 1 aliphatic rings. The monoisotopic (exact) mass is 328 g/mol. The number of fused-ring (bicyclic) bond motifs is 3. The van der Waals surface area contributed by atoms with Gasteiger partial charge in [-0.1, -0.05) is 57.2 Å². The van der Waals surface area contributed by atoms with Crippen LogP contribution in [0.25, 0.3) is 16.5 Å². The smallest absolute Gasteiger partial charge is 0.504 e. The molecule has 0 saturated heterocycles. The topological polar surface area (TPSA) is 26.3 Å². The van der Waals surface area contributed by atoms with Gasteiger partial charge in [0.15, 0.2) is 5.78 Å². The molecule has 0 atom stereocenters. The molecule has 0 spiro atoms. The number of rotatable bonds is 3. The molecule has 0 fully saturated rings. The average molecular weight is 328 g/mol. The van der Waals surface area contributed by atoms with Gasteiger partial charge in [0, 0.05) is 16.6 Å². The molecule has 0 radical (unpaired) electrons. The summed E-state index contributed by atoms with van der Waals surface area (Å²) in [5.74, 6) is -0.0975. The Morgan fingerprint density at radius 3 is 2.46 bits per heavy atom. The van der Waals surface area contributed by atoms with E-state index in [2.05, 4.69) is 0 Å². The van der Waals surface area contributed by atoms with Crippen LogP contribution in [0.4, 0.5) is 8.63 Å². The van der Waals surface area contributed by atoms with E-state index >= 15 is 0 Å². The largest absolute Gasteiger partial charge is 0.796 e. The van der Waals surface area contributed by atoms with E-state index in [1.807, 2.05) is 36.4 Å². The Labute approximate surface area is 140 Å². The number of allylic oxidation sites excluding steroid dienone is 1. The molecule has 2 aromatic carbocycles. The van der Waals surface area contributed by atoms with Crippen molar-refractivity contribution in [2.45, 2.75) is 33.6 Å². The molecule has 0 bridgehead atoms. The van der Waals surface area contributed by atoms with Crippen molar-refractivity contribution < 1.29 is 18.1 Å². The zero-order valence-electron chi connectivity index (χ0n) is 14.0. The summed E-state index contributed by atoms with van der Waals surface area (Å²) in [7, 11) is -2.97. The van der Waals surface area contributed by atoms with Crippen molar-refractivity contribution in [1.82, 2.24) is 0 Å². The van der Waals surface area contributed by atoms with Crippen LogP contribution in [0.3, 0.4) is 0 Å². The Bertz CT molecular complexity index is 835. The summed E-state index contributed by atoms with van der Waals surface area (Å²) in [4.78, 5) is 12.8. The van der Waals surface area contributed by atoms with Crippen LogP contribution in [-0.2, 0) is 15.9 Å². The van der Waals surface area contributed by atoms with Gasteiger partial charge in [-0.25, -0.2) is 8.63 Å². The van der Waals surface area contributed by atoms with Crippen molar-refractivity contribution in [2.24, 2.45) is 5.41 Å². The van der Waals surface area contributed by atoms with E-state index in [9.17, 15) is 13.4 Å². The number of hydrogen-bond acceptors (Lipinski definition) is 2. The van der Waals surface area contributed by atoms with E-state index in [-0.39, 0.29) is 11.5 Å². The maximum Gasteiger partial charge on any atom is 0.796 e. The predicted octanol–water partition coefficient (Wildman–Crippen LogP) is 5.05. The first-order valence-electron chi connectivity index (χ1n) is 8.03. The first kappa shape index (κ1) is 16.7. The fourth-order valence-electron chi connectivity index (χ4n) is 3.21. The summed E-state index contributed by atoms with van der Waals surface area (Å²) < 4.78 is 31.0. The van der Waals surface area contributed by atoms with Crippen LogP contribution in [0.15, 0.2) is 42.0 Å². The number of hydrogen-bond donors (Lipinski definition) is 0. The van der Waals surface area contributed by atoms with E-state index in [4.69, 9.17) is 4.65 Å². The number of aryl methyl sites for hydroxylation is 1. The van der Waals surface area contributed by atoms with Gasteiger partial charge in [-0.3, -0.25) is 4.79 Å². The summed E-state index contributed by atoms with van der Waals surface area (Å²) >= 11 is 0. The Morgan fingerprint density at radius 1 is 1.08 bits per heavy atom. The van der Waals surface area contributed by atoms with Crippen molar-refractivity contribution >= 4 is 29.8 Å². The Morgan fingerprint density at radius 2 is 1.79 bits per heavy atom. The van der Waals surface area contributed by atoms with Crippen molar-refractivity contribution in [2.75, 3.05) is 0 Å². The Kier molecular flexibility index (Phi) is 4.20. The lowest BCUT2D eigenvalue weighted by atomic mass is 9.79. The highest BCUT2D eigenvalue weighted by Gasteiger charge is 2.34. The molecule has 124 valence electrons. The fraction of sp³-hybridized carbons (Fsp3) is 0.316. The lowest BCUT2D eigenvalue weighted by Crippen LogP contribution is -2.26. The number of carbonyl (C=O) groups is 1. The molecule has 2 aromatic rings. The minimum atomic E-state index is -2.97. The van der Waals surface area contributed by atoms with Crippen molar-refractivity contribution in [3.8, 4) is 0 Å². The van der Waals surface area contributed by atoms with Gasteiger partial charge >= 0.3 is 7.47 Å². The van der Waals surface area contributed by atoms with Gasteiger partial charge in [0.2, 0.25) is 0 Å². The molecule has 3 rings (SSSR count). The van der Waals surface area contributed by atoms with Gasteiger partial charge < -0.3 is 4.65 Å². The Hall–Kier alpha value is -2.17. The minimum absolute atomic E-state index is 0.0444. The third-order valence-corrected chi connectivity index (χ3v) is 4.32. The van der Waals surface area contributed by atoms with Gasteiger partial charge in [-0.15, -0.1) is 0 Å². The zero-order chi connectivity index (χ0) is 17.5. The third-order valence-electron chi connectivity index (χ3n) is 4.32. The standard InChI is InChI=1S/C19H19BF2O2/c1-19(2,3)18(23)15-11-10-13-9-8-12-6-4-5-7-14(12)16(13)17(15)24-20(21)22/h4-9H,10-11H2,1-3H3. The van der Waals surface area contributed by atoms with Gasteiger partial charge in [0.05, 0.1) is 0 Å². The molecule has 0 unspecified atom stereocenters. The highest BCUT2D eigenvalue weighted by molar-refractivity contribution is 6.36. The van der Waals surface area contributed by atoms with Crippen LogP contribution >= 0.6 is 0 Å². The third kappa shape index (κ3) is 2.95. The molecule has 2 nitrogen and oxygen atoms in total. The van der Waals surface area contributed by atoms with Crippen LogP contribution in [0.2, 0.25) is 0 Å². The lowest BCUT2D eigenvalue weighted by Gasteiger charge is -2.27. The first-order valence-corrected chi connectivity index (χ1v) is 8.03. The molecule has 24 heavy (non-hydrogen) atoms. The summed E-state index contributed by atoms with van der Waals surface area (Å²) in [6.45, 7) is 5.38. The van der Waals surface area contributed by atoms with Crippen molar-refractivity contribution in [3.05, 3.63) is 53.1 Å². The SMILES string of the molecule is CC(C)(C)C(=O)C1=C(OB(F)F)c2c(ccc3ccccc23)CC1. The molecule has 0 heterocycles. The normalized spacial score (nSPS) is 14.5. The van der Waals surface area contributed by atoms with E-state index < -0.39 is 12.9 Å². The first-order chi connectivity index (χ1) is 11.3. The van der Waals surface area contributed by atoms with Gasteiger partial charge in [-0.05, 0) is 29.2 Å². The number of halogens is 2. The fourth-order valence-corrected chi connectivity index (χ4v) is 3.21. The molecule has 0 saturated carbocycles. The highest BCUT2D eigenvalue weighted by atomic mass is 19.2. The second kappa shape index (κ2) is 6.04. The molecule has 0 aliphatic heterocycles. The van der Waals surface area contributed by atoms with Gasteiger partial charge in [-0.2, -0.15) is 0 Å². The second-order valence-corrected chi connectivity index (χ2v) is 7.09. The van der Waals surface area contributed by atoms with Gasteiger partial charge in [0.1, 0.15) is 5.76 Å². The van der Waals surface area contributed by atoms with E-state index in [0.717, 1.165) is 16.3 Å². The van der Waals surface area contributed by atoms with Crippen LogP contribution < -0.4 is 0 Å². The maximum absolute atomic E-state index is 13.1. The van der Waals surface area contributed by atoms with Gasteiger partial charge in [0.25, 0.3) is 0 Å². The predicted molar refractivity (Wildman–Crippen MR) is 92.7 cm³/mol. The second-order valence-electron chi connectivity index (χ2n) is 7.09. The molecule has 5 heteroatoms. The minimum Gasteiger partial charge on any atom is -0.504 e. The van der Waals surface area contributed by atoms with E-state index in [1.165, 1.54) is 0 Å². The summed E-state index contributed by atoms with van der Waals surface area (Å²) in [6.07, 6.45) is 1.07. The average Bonchev–Trinajstić information content (AvgIpc) is 2.52. The van der Waals surface area contributed by atoms with E-state index in [1.54, 1.807) is 20.8 Å². The number of benzene rings is 2. The Balaban J connectivity index is 2.29. The summed E-state index contributed by atoms with van der Waals surface area (Å²) in [5, 5.41) is 1.78. The molecular weight excluding hydrogens is 309 g/mol. The number of Topliss-reactive ketones (excluding diaryl/α,β-unsaturated/α-hetero) is 1.